The third kappa shape index (κ3) is 5.01. The Morgan fingerprint density at radius 2 is 1.96 bits per heavy atom. The number of carbonyl (C=O) groups excluding carboxylic acids is 1. The second kappa shape index (κ2) is 9.28. The van der Waals surface area contributed by atoms with Gasteiger partial charge in [0.25, 0.3) is 5.91 Å². The van der Waals surface area contributed by atoms with Crippen molar-refractivity contribution in [2.75, 3.05) is 10.6 Å². The van der Waals surface area contributed by atoms with Gasteiger partial charge in [-0.2, -0.15) is 5.26 Å². The number of para-hydroxylation sites is 1. The highest BCUT2D eigenvalue weighted by molar-refractivity contribution is 6.42. The van der Waals surface area contributed by atoms with Crippen LogP contribution >= 0.6 is 23.2 Å². The molecule has 0 heterocycles. The molecule has 0 aliphatic rings. The summed E-state index contributed by atoms with van der Waals surface area (Å²) >= 11 is 11.8. The summed E-state index contributed by atoms with van der Waals surface area (Å²) in [5, 5.41) is 15.7. The van der Waals surface area contributed by atoms with E-state index in [4.69, 9.17) is 23.2 Å². The fraction of sp³-hybridized carbons (Fsp3) is 0.200. The van der Waals surface area contributed by atoms with Gasteiger partial charge in [-0.15, -0.1) is 0 Å². The molecular formula is C20H19Cl2N3O. The lowest BCUT2D eigenvalue weighted by Gasteiger charge is -2.14. The van der Waals surface area contributed by atoms with Crippen LogP contribution in [0.5, 0.6) is 0 Å². The van der Waals surface area contributed by atoms with E-state index in [0.29, 0.717) is 21.7 Å². The third-order valence-corrected chi connectivity index (χ3v) is 4.76. The molecule has 26 heavy (non-hydrogen) atoms. The maximum Gasteiger partial charge on any atom is 0.267 e. The number of nitrogens with one attached hydrogen (secondary N) is 2. The summed E-state index contributed by atoms with van der Waals surface area (Å²) < 4.78 is 0. The first kappa shape index (κ1) is 19.8. The van der Waals surface area contributed by atoms with Crippen LogP contribution in [0, 0.1) is 11.3 Å². The lowest BCUT2D eigenvalue weighted by atomic mass is 9.97. The number of nitrogens with zero attached hydrogens (tertiary/aromatic N) is 1. The van der Waals surface area contributed by atoms with Crippen LogP contribution in [0.3, 0.4) is 0 Å². The maximum atomic E-state index is 12.3. The van der Waals surface area contributed by atoms with Crippen LogP contribution in [0.4, 0.5) is 11.4 Å². The molecule has 0 aliphatic carbocycles. The van der Waals surface area contributed by atoms with Gasteiger partial charge in [0.2, 0.25) is 0 Å². The largest absolute Gasteiger partial charge is 0.360 e. The molecule has 1 amide bonds. The Morgan fingerprint density at radius 1 is 1.23 bits per heavy atom. The van der Waals surface area contributed by atoms with E-state index >= 15 is 0 Å². The second-order valence-electron chi connectivity index (χ2n) is 5.79. The molecule has 0 aromatic heterocycles. The number of benzene rings is 2. The van der Waals surface area contributed by atoms with Gasteiger partial charge in [0.15, 0.2) is 0 Å². The minimum atomic E-state index is -0.528. The number of anilines is 2. The van der Waals surface area contributed by atoms with Crippen molar-refractivity contribution in [3.8, 4) is 6.07 Å². The zero-order chi connectivity index (χ0) is 19.1. The van der Waals surface area contributed by atoms with Crippen molar-refractivity contribution in [2.24, 2.45) is 0 Å². The van der Waals surface area contributed by atoms with Crippen molar-refractivity contribution < 1.29 is 4.79 Å². The van der Waals surface area contributed by atoms with Gasteiger partial charge in [0.05, 0.1) is 10.0 Å². The predicted molar refractivity (Wildman–Crippen MR) is 108 cm³/mol. The Labute approximate surface area is 163 Å². The van der Waals surface area contributed by atoms with E-state index in [2.05, 4.69) is 24.5 Å². The van der Waals surface area contributed by atoms with Crippen LogP contribution in [0.25, 0.3) is 0 Å². The number of rotatable bonds is 6. The van der Waals surface area contributed by atoms with Crippen molar-refractivity contribution in [3.05, 3.63) is 69.8 Å². The van der Waals surface area contributed by atoms with Crippen molar-refractivity contribution in [1.82, 2.24) is 0 Å². The van der Waals surface area contributed by atoms with E-state index in [1.54, 1.807) is 12.1 Å². The molecule has 0 saturated heterocycles. The van der Waals surface area contributed by atoms with Crippen LogP contribution in [0.15, 0.2) is 54.2 Å². The fourth-order valence-electron chi connectivity index (χ4n) is 2.35. The third-order valence-electron chi connectivity index (χ3n) is 4.02. The molecule has 0 aliphatic heterocycles. The molecule has 4 nitrogen and oxygen atoms in total. The molecule has 1 unspecified atom stereocenters. The molecule has 0 bridgehead atoms. The Bertz CT molecular complexity index is 872. The molecule has 2 aromatic rings. The van der Waals surface area contributed by atoms with Gasteiger partial charge in [-0.25, -0.2) is 0 Å². The van der Waals surface area contributed by atoms with E-state index < -0.39 is 5.91 Å². The van der Waals surface area contributed by atoms with Crippen LogP contribution < -0.4 is 10.6 Å². The number of hydrogen-bond donors (Lipinski definition) is 2. The highest BCUT2D eigenvalue weighted by Crippen LogP contribution is 2.27. The summed E-state index contributed by atoms with van der Waals surface area (Å²) in [6.07, 6.45) is 2.40. The predicted octanol–water partition coefficient (Wildman–Crippen LogP) is 5.96. The van der Waals surface area contributed by atoms with E-state index in [1.165, 1.54) is 12.3 Å². The standard InChI is InChI=1S/C20H19Cl2N3O/c1-3-13(2)16-6-4-5-7-19(16)24-12-14(11-23)20(26)25-15-8-9-17(21)18(22)10-15/h4-10,12-13,24H,3H2,1-2H3,(H,25,26)/b14-12-. The van der Waals surface area contributed by atoms with Crippen molar-refractivity contribution in [3.63, 3.8) is 0 Å². The van der Waals surface area contributed by atoms with Gasteiger partial charge in [-0.05, 0) is 42.2 Å². The highest BCUT2D eigenvalue weighted by atomic mass is 35.5. The van der Waals surface area contributed by atoms with E-state index in [-0.39, 0.29) is 5.57 Å². The minimum absolute atomic E-state index is 0.0463. The molecule has 6 heteroatoms. The van der Waals surface area contributed by atoms with Gasteiger partial charge >= 0.3 is 0 Å². The summed E-state index contributed by atoms with van der Waals surface area (Å²) in [6.45, 7) is 4.25. The molecule has 0 radical (unpaired) electrons. The van der Waals surface area contributed by atoms with Crippen molar-refractivity contribution in [1.29, 1.82) is 5.26 Å². The lowest BCUT2D eigenvalue weighted by molar-refractivity contribution is -0.112. The van der Waals surface area contributed by atoms with Gasteiger partial charge in [0.1, 0.15) is 11.6 Å². The second-order valence-corrected chi connectivity index (χ2v) is 6.61. The molecule has 2 aromatic carbocycles. The number of amides is 1. The topological polar surface area (TPSA) is 64.9 Å². The van der Waals surface area contributed by atoms with Gasteiger partial charge in [0, 0.05) is 17.6 Å². The first-order chi connectivity index (χ1) is 12.5. The quantitative estimate of drug-likeness (QED) is 0.474. The number of halogens is 2. The Kier molecular flexibility index (Phi) is 7.08. The molecule has 2 N–H and O–H groups in total. The van der Waals surface area contributed by atoms with E-state index in [9.17, 15) is 10.1 Å². The first-order valence-corrected chi connectivity index (χ1v) is 8.94. The lowest BCUT2D eigenvalue weighted by Crippen LogP contribution is -2.14. The summed E-state index contributed by atoms with van der Waals surface area (Å²) in [5.74, 6) is -0.165. The van der Waals surface area contributed by atoms with Crippen LogP contribution in [0.2, 0.25) is 10.0 Å². The fourth-order valence-corrected chi connectivity index (χ4v) is 2.65. The van der Waals surface area contributed by atoms with Crippen LogP contribution in [0.1, 0.15) is 31.7 Å². The molecule has 1 atom stereocenters. The van der Waals surface area contributed by atoms with Crippen LogP contribution in [-0.4, -0.2) is 5.91 Å². The highest BCUT2D eigenvalue weighted by Gasteiger charge is 2.12. The molecule has 2 rings (SSSR count). The molecule has 0 fully saturated rings. The van der Waals surface area contributed by atoms with Gasteiger partial charge < -0.3 is 10.6 Å². The normalized spacial score (nSPS) is 12.2. The zero-order valence-corrected chi connectivity index (χ0v) is 16.0. The monoisotopic (exact) mass is 387 g/mol. The summed E-state index contributed by atoms with van der Waals surface area (Å²) in [4.78, 5) is 12.3. The van der Waals surface area contributed by atoms with Gasteiger partial charge in [-0.3, -0.25) is 4.79 Å². The molecule has 0 saturated carbocycles. The Morgan fingerprint density at radius 3 is 2.62 bits per heavy atom. The average molecular weight is 388 g/mol. The smallest absolute Gasteiger partial charge is 0.267 e. The number of carbonyl (C=O) groups is 1. The van der Waals surface area contributed by atoms with E-state index in [0.717, 1.165) is 17.7 Å². The molecular weight excluding hydrogens is 369 g/mol. The summed E-state index contributed by atoms with van der Waals surface area (Å²) in [6, 6.07) is 14.5. The number of hydrogen-bond acceptors (Lipinski definition) is 3. The van der Waals surface area contributed by atoms with E-state index in [1.807, 2.05) is 30.3 Å². The van der Waals surface area contributed by atoms with Crippen molar-refractivity contribution >= 4 is 40.5 Å². The van der Waals surface area contributed by atoms with Gasteiger partial charge in [-0.1, -0.05) is 55.2 Å². The summed E-state index contributed by atoms with van der Waals surface area (Å²) in [5.41, 5.74) is 2.42. The summed E-state index contributed by atoms with van der Waals surface area (Å²) in [7, 11) is 0. The van der Waals surface area contributed by atoms with Crippen LogP contribution in [-0.2, 0) is 4.79 Å². The Hall–Kier alpha value is -2.48. The Balaban J connectivity index is 2.16. The molecule has 134 valence electrons. The number of nitriles is 1. The molecule has 0 spiro atoms. The SMILES string of the molecule is CCC(C)c1ccccc1N/C=C(/C#N)C(=O)Nc1ccc(Cl)c(Cl)c1. The first-order valence-electron chi connectivity index (χ1n) is 8.18. The average Bonchev–Trinajstić information content (AvgIpc) is 2.65. The maximum absolute atomic E-state index is 12.3. The minimum Gasteiger partial charge on any atom is -0.360 e. The van der Waals surface area contributed by atoms with Crippen molar-refractivity contribution in [2.45, 2.75) is 26.2 Å². The zero-order valence-electron chi connectivity index (χ0n) is 14.5.